The number of aromatic nitrogens is 1. The molecule has 0 bridgehead atoms. The summed E-state index contributed by atoms with van der Waals surface area (Å²) in [4.78, 5) is 4.26. The lowest BCUT2D eigenvalue weighted by atomic mass is 10.1. The van der Waals surface area contributed by atoms with E-state index in [9.17, 15) is 0 Å². The maximum atomic E-state index is 4.26. The van der Waals surface area contributed by atoms with Crippen LogP contribution in [-0.2, 0) is 0 Å². The van der Waals surface area contributed by atoms with Gasteiger partial charge in [-0.3, -0.25) is 0 Å². The minimum atomic E-state index is 0.782. The van der Waals surface area contributed by atoms with Crippen molar-refractivity contribution in [1.82, 2.24) is 10.3 Å². The Kier molecular flexibility index (Phi) is 5.13. The van der Waals surface area contributed by atoms with Gasteiger partial charge in [0, 0.05) is 23.4 Å². The normalized spacial score (nSPS) is 17.6. The lowest BCUT2D eigenvalue weighted by molar-refractivity contribution is 0.451. The molecule has 16 heavy (non-hydrogen) atoms. The van der Waals surface area contributed by atoms with Crippen LogP contribution in [0.5, 0.6) is 0 Å². The zero-order chi connectivity index (χ0) is 11.2. The number of thioether (sulfide) groups is 1. The van der Waals surface area contributed by atoms with Gasteiger partial charge in [0.25, 0.3) is 0 Å². The molecule has 1 saturated carbocycles. The number of nitrogens with zero attached hydrogens (tertiary/aromatic N) is 1. The van der Waals surface area contributed by atoms with Crippen LogP contribution in [0.3, 0.4) is 0 Å². The third-order valence-corrected chi connectivity index (χ3v) is 5.05. The molecule has 1 atom stereocenters. The standard InChI is InChI=1S/C12H20N2S2/c1-2-11(10-4-5-10)13-6-3-8-15-12-14-7-9-16-12/h7,9-11,13H,2-6,8H2,1H3. The molecule has 0 saturated heterocycles. The number of thiazole rings is 1. The first kappa shape index (κ1) is 12.4. The molecule has 1 aliphatic rings. The van der Waals surface area contributed by atoms with E-state index in [0.717, 1.165) is 18.5 Å². The molecular weight excluding hydrogens is 236 g/mol. The van der Waals surface area contributed by atoms with E-state index in [1.807, 2.05) is 23.3 Å². The smallest absolute Gasteiger partial charge is 0.149 e. The molecule has 0 aliphatic heterocycles. The molecule has 1 fully saturated rings. The first-order valence-electron chi connectivity index (χ1n) is 6.16. The van der Waals surface area contributed by atoms with Crippen molar-refractivity contribution in [2.24, 2.45) is 5.92 Å². The summed E-state index contributed by atoms with van der Waals surface area (Å²) in [6.45, 7) is 3.45. The third-order valence-electron chi connectivity index (χ3n) is 2.99. The van der Waals surface area contributed by atoms with Gasteiger partial charge in [-0.15, -0.1) is 11.3 Å². The molecule has 1 aromatic heterocycles. The second-order valence-electron chi connectivity index (χ2n) is 4.31. The van der Waals surface area contributed by atoms with Crippen LogP contribution < -0.4 is 5.32 Å². The lowest BCUT2D eigenvalue weighted by Gasteiger charge is -2.15. The van der Waals surface area contributed by atoms with E-state index < -0.39 is 0 Å². The predicted octanol–water partition coefficient (Wildman–Crippen LogP) is 3.40. The zero-order valence-electron chi connectivity index (χ0n) is 9.82. The molecule has 1 unspecified atom stereocenters. The first-order chi connectivity index (χ1) is 7.90. The van der Waals surface area contributed by atoms with Gasteiger partial charge in [0.15, 0.2) is 0 Å². The van der Waals surface area contributed by atoms with Gasteiger partial charge < -0.3 is 5.32 Å². The minimum Gasteiger partial charge on any atom is -0.314 e. The molecule has 0 aromatic carbocycles. The Hall–Kier alpha value is -0.0600. The summed E-state index contributed by atoms with van der Waals surface area (Å²) < 4.78 is 1.20. The summed E-state index contributed by atoms with van der Waals surface area (Å²) in [6, 6.07) is 0.782. The summed E-state index contributed by atoms with van der Waals surface area (Å²) in [5, 5.41) is 5.72. The van der Waals surface area contributed by atoms with Gasteiger partial charge in [0.2, 0.25) is 0 Å². The number of hydrogen-bond donors (Lipinski definition) is 1. The van der Waals surface area contributed by atoms with Crippen LogP contribution >= 0.6 is 23.1 Å². The van der Waals surface area contributed by atoms with Gasteiger partial charge in [-0.1, -0.05) is 18.7 Å². The second kappa shape index (κ2) is 6.62. The SMILES string of the molecule is CCC(NCCCSc1nccs1)C1CC1. The van der Waals surface area contributed by atoms with E-state index >= 15 is 0 Å². The van der Waals surface area contributed by atoms with Gasteiger partial charge in [-0.2, -0.15) is 0 Å². The van der Waals surface area contributed by atoms with Gasteiger partial charge in [-0.05, 0) is 38.1 Å². The molecule has 0 amide bonds. The Balaban J connectivity index is 1.51. The lowest BCUT2D eigenvalue weighted by Crippen LogP contribution is -2.31. The largest absolute Gasteiger partial charge is 0.314 e. The second-order valence-corrected chi connectivity index (χ2v) is 6.54. The topological polar surface area (TPSA) is 24.9 Å². The maximum Gasteiger partial charge on any atom is 0.149 e. The average Bonchev–Trinajstić information content (AvgIpc) is 3.01. The van der Waals surface area contributed by atoms with E-state index in [1.54, 1.807) is 11.3 Å². The minimum absolute atomic E-state index is 0.782. The van der Waals surface area contributed by atoms with Crippen molar-refractivity contribution >= 4 is 23.1 Å². The molecule has 1 aromatic rings. The Labute approximate surface area is 106 Å². The zero-order valence-corrected chi connectivity index (χ0v) is 11.4. The van der Waals surface area contributed by atoms with Crippen molar-refractivity contribution in [3.05, 3.63) is 11.6 Å². The highest BCUT2D eigenvalue weighted by molar-refractivity contribution is 8.00. The number of nitrogens with one attached hydrogen (secondary N) is 1. The fourth-order valence-electron chi connectivity index (χ4n) is 1.94. The summed E-state index contributed by atoms with van der Waals surface area (Å²) in [5.74, 6) is 2.17. The average molecular weight is 256 g/mol. The molecule has 1 heterocycles. The molecule has 90 valence electrons. The van der Waals surface area contributed by atoms with Crippen LogP contribution in [0.2, 0.25) is 0 Å². The molecule has 4 heteroatoms. The summed E-state index contributed by atoms with van der Waals surface area (Å²) in [7, 11) is 0. The molecular formula is C12H20N2S2. The van der Waals surface area contributed by atoms with Crippen LogP contribution in [0.4, 0.5) is 0 Å². The molecule has 0 radical (unpaired) electrons. The maximum absolute atomic E-state index is 4.26. The number of rotatable bonds is 8. The quantitative estimate of drug-likeness (QED) is 0.570. The first-order valence-corrected chi connectivity index (χ1v) is 8.02. The van der Waals surface area contributed by atoms with E-state index in [2.05, 4.69) is 17.2 Å². The highest BCUT2D eigenvalue weighted by atomic mass is 32.2. The van der Waals surface area contributed by atoms with Crippen LogP contribution in [0.25, 0.3) is 0 Å². The fourth-order valence-corrected chi connectivity index (χ4v) is 3.59. The van der Waals surface area contributed by atoms with Crippen LogP contribution in [0.15, 0.2) is 15.9 Å². The summed E-state index contributed by atoms with van der Waals surface area (Å²) in [5.41, 5.74) is 0. The Morgan fingerprint density at radius 2 is 2.50 bits per heavy atom. The van der Waals surface area contributed by atoms with Crippen molar-refractivity contribution in [3.8, 4) is 0 Å². The molecule has 1 aliphatic carbocycles. The van der Waals surface area contributed by atoms with Gasteiger partial charge in [0.1, 0.15) is 4.34 Å². The van der Waals surface area contributed by atoms with Gasteiger partial charge >= 0.3 is 0 Å². The van der Waals surface area contributed by atoms with Crippen LogP contribution in [0.1, 0.15) is 32.6 Å². The highest BCUT2D eigenvalue weighted by Gasteiger charge is 2.29. The van der Waals surface area contributed by atoms with Crippen molar-refractivity contribution in [2.75, 3.05) is 12.3 Å². The fraction of sp³-hybridized carbons (Fsp3) is 0.750. The van der Waals surface area contributed by atoms with Gasteiger partial charge in [-0.25, -0.2) is 4.98 Å². The van der Waals surface area contributed by atoms with E-state index in [1.165, 1.54) is 35.8 Å². The van der Waals surface area contributed by atoms with Crippen molar-refractivity contribution < 1.29 is 0 Å². The van der Waals surface area contributed by atoms with E-state index in [0.29, 0.717) is 0 Å². The van der Waals surface area contributed by atoms with Crippen molar-refractivity contribution in [1.29, 1.82) is 0 Å². The number of hydrogen-bond acceptors (Lipinski definition) is 4. The van der Waals surface area contributed by atoms with Crippen LogP contribution in [-0.4, -0.2) is 23.3 Å². The predicted molar refractivity (Wildman–Crippen MR) is 72.3 cm³/mol. The molecule has 2 rings (SSSR count). The van der Waals surface area contributed by atoms with Crippen molar-refractivity contribution in [3.63, 3.8) is 0 Å². The monoisotopic (exact) mass is 256 g/mol. The van der Waals surface area contributed by atoms with E-state index in [-0.39, 0.29) is 0 Å². The van der Waals surface area contributed by atoms with Crippen molar-refractivity contribution in [2.45, 2.75) is 43.0 Å². The molecule has 0 spiro atoms. The van der Waals surface area contributed by atoms with E-state index in [4.69, 9.17) is 0 Å². The Morgan fingerprint density at radius 3 is 3.12 bits per heavy atom. The van der Waals surface area contributed by atoms with Gasteiger partial charge in [0.05, 0.1) is 0 Å². The molecule has 2 nitrogen and oxygen atoms in total. The Morgan fingerprint density at radius 1 is 1.62 bits per heavy atom. The highest BCUT2D eigenvalue weighted by Crippen LogP contribution is 2.33. The van der Waals surface area contributed by atoms with Crippen LogP contribution in [0, 0.1) is 5.92 Å². The molecule has 1 N–H and O–H groups in total. The summed E-state index contributed by atoms with van der Waals surface area (Å²) in [6.07, 6.45) is 7.29. The summed E-state index contributed by atoms with van der Waals surface area (Å²) >= 11 is 3.62. The third kappa shape index (κ3) is 4.07. The Bertz CT molecular complexity index is 283.